The van der Waals surface area contributed by atoms with Gasteiger partial charge in [0.2, 0.25) is 0 Å². The van der Waals surface area contributed by atoms with Crippen LogP contribution in [0.1, 0.15) is 42.4 Å². The Kier molecular flexibility index (Phi) is 7.20. The van der Waals surface area contributed by atoms with Crippen LogP contribution in [0, 0.1) is 20.8 Å². The van der Waals surface area contributed by atoms with Crippen molar-refractivity contribution in [3.8, 4) is 5.75 Å². The first kappa shape index (κ1) is 17.3. The maximum atomic E-state index is 6.01. The van der Waals surface area contributed by atoms with Gasteiger partial charge in [0.1, 0.15) is 31.9 Å². The Labute approximate surface area is 136 Å². The standard InChI is InChI=1S/C19H32N2O/c1-16-14-17(2)19(18(3)15-16)22-13-7-5-4-6-10-21-11-8-20-9-12-21/h14-15,20H,4-13H2,1-3H3/p+2. The zero-order chi connectivity index (χ0) is 15.8. The first-order valence-corrected chi connectivity index (χ1v) is 9.02. The highest BCUT2D eigenvalue weighted by molar-refractivity contribution is 5.42. The fraction of sp³-hybridized carbons (Fsp3) is 0.684. The number of quaternary nitrogens is 2. The molecular weight excluding hydrogens is 272 g/mol. The van der Waals surface area contributed by atoms with Crippen molar-refractivity contribution in [1.29, 1.82) is 0 Å². The van der Waals surface area contributed by atoms with Crippen LogP contribution in [0.25, 0.3) is 0 Å². The van der Waals surface area contributed by atoms with Crippen LogP contribution in [0.3, 0.4) is 0 Å². The summed E-state index contributed by atoms with van der Waals surface area (Å²) in [6, 6.07) is 4.42. The van der Waals surface area contributed by atoms with Crippen molar-refractivity contribution in [2.24, 2.45) is 0 Å². The number of benzene rings is 1. The van der Waals surface area contributed by atoms with Crippen LogP contribution in [-0.4, -0.2) is 39.3 Å². The van der Waals surface area contributed by atoms with Gasteiger partial charge in [-0.05, 0) is 57.6 Å². The second-order valence-corrected chi connectivity index (χ2v) is 6.86. The van der Waals surface area contributed by atoms with Crippen LogP contribution in [0.2, 0.25) is 0 Å². The first-order valence-electron chi connectivity index (χ1n) is 9.02. The molecule has 0 aliphatic carbocycles. The zero-order valence-electron chi connectivity index (χ0n) is 14.7. The quantitative estimate of drug-likeness (QED) is 0.690. The SMILES string of the molecule is Cc1cc(C)c(OCCCCCC[NH+]2CC[NH2+]CC2)c(C)c1. The fourth-order valence-electron chi connectivity index (χ4n) is 3.53. The van der Waals surface area contributed by atoms with E-state index in [9.17, 15) is 0 Å². The maximum Gasteiger partial charge on any atom is 0.127 e. The molecule has 1 aromatic rings. The zero-order valence-corrected chi connectivity index (χ0v) is 14.7. The van der Waals surface area contributed by atoms with Crippen LogP contribution >= 0.6 is 0 Å². The van der Waals surface area contributed by atoms with Crippen molar-refractivity contribution in [2.75, 3.05) is 39.3 Å². The lowest BCUT2D eigenvalue weighted by Gasteiger charge is -2.22. The summed E-state index contributed by atoms with van der Waals surface area (Å²) >= 11 is 0. The number of rotatable bonds is 8. The van der Waals surface area contributed by atoms with E-state index in [1.165, 1.54) is 75.1 Å². The molecule has 0 amide bonds. The molecular formula is C19H34N2O+2. The molecule has 0 bridgehead atoms. The Morgan fingerprint density at radius 3 is 2.27 bits per heavy atom. The molecule has 3 nitrogen and oxygen atoms in total. The minimum Gasteiger partial charge on any atom is -0.493 e. The summed E-state index contributed by atoms with van der Waals surface area (Å²) in [5.74, 6) is 1.10. The molecule has 3 heteroatoms. The second-order valence-electron chi connectivity index (χ2n) is 6.86. The molecule has 0 spiro atoms. The van der Waals surface area contributed by atoms with Crippen LogP contribution in [0.15, 0.2) is 12.1 Å². The first-order chi connectivity index (χ1) is 10.7. The normalized spacial score (nSPS) is 16.0. The third-order valence-corrected chi connectivity index (χ3v) is 4.68. The molecule has 0 aromatic heterocycles. The second kappa shape index (κ2) is 9.16. The van der Waals surface area contributed by atoms with Crippen LogP contribution < -0.4 is 15.0 Å². The lowest BCUT2D eigenvalue weighted by molar-refractivity contribution is -0.946. The van der Waals surface area contributed by atoms with E-state index in [1.54, 1.807) is 0 Å². The minimum absolute atomic E-state index is 0.857. The minimum atomic E-state index is 0.857. The van der Waals surface area contributed by atoms with Crippen LogP contribution in [-0.2, 0) is 0 Å². The summed E-state index contributed by atoms with van der Waals surface area (Å²) in [6.45, 7) is 14.0. The highest BCUT2D eigenvalue weighted by Gasteiger charge is 2.14. The number of hydrogen-bond donors (Lipinski definition) is 2. The molecule has 0 saturated carbocycles. The predicted octanol–water partition coefficient (Wildman–Crippen LogP) is 1.01. The van der Waals surface area contributed by atoms with E-state index in [-0.39, 0.29) is 0 Å². The Morgan fingerprint density at radius 1 is 0.955 bits per heavy atom. The van der Waals surface area contributed by atoms with Gasteiger partial charge in [0.25, 0.3) is 0 Å². The van der Waals surface area contributed by atoms with E-state index in [0.29, 0.717) is 0 Å². The summed E-state index contributed by atoms with van der Waals surface area (Å²) in [4.78, 5) is 1.81. The average Bonchev–Trinajstić information content (AvgIpc) is 2.49. The lowest BCUT2D eigenvalue weighted by Crippen LogP contribution is -3.20. The molecule has 22 heavy (non-hydrogen) atoms. The Bertz CT molecular complexity index is 430. The van der Waals surface area contributed by atoms with Crippen molar-refractivity contribution in [1.82, 2.24) is 0 Å². The van der Waals surface area contributed by atoms with Crippen LogP contribution in [0.5, 0.6) is 5.75 Å². The van der Waals surface area contributed by atoms with Gasteiger partial charge < -0.3 is 15.0 Å². The van der Waals surface area contributed by atoms with Gasteiger partial charge in [-0.3, -0.25) is 0 Å². The van der Waals surface area contributed by atoms with Gasteiger partial charge in [-0.25, -0.2) is 0 Å². The van der Waals surface area contributed by atoms with Gasteiger partial charge in [-0.2, -0.15) is 0 Å². The topological polar surface area (TPSA) is 30.3 Å². The Balaban J connectivity index is 1.56. The number of piperazine rings is 1. The molecule has 1 fully saturated rings. The average molecular weight is 306 g/mol. The summed E-state index contributed by atoms with van der Waals surface area (Å²) in [5.41, 5.74) is 3.85. The number of nitrogens with one attached hydrogen (secondary N) is 1. The maximum absolute atomic E-state index is 6.01. The van der Waals surface area contributed by atoms with Gasteiger partial charge in [0.15, 0.2) is 0 Å². The summed E-state index contributed by atoms with van der Waals surface area (Å²) in [6.07, 6.45) is 5.19. The molecule has 124 valence electrons. The van der Waals surface area contributed by atoms with Gasteiger partial charge >= 0.3 is 0 Å². The van der Waals surface area contributed by atoms with Gasteiger partial charge in [-0.1, -0.05) is 17.7 Å². The fourth-order valence-corrected chi connectivity index (χ4v) is 3.53. The monoisotopic (exact) mass is 306 g/mol. The molecule has 0 radical (unpaired) electrons. The van der Waals surface area contributed by atoms with Crippen molar-refractivity contribution in [3.05, 3.63) is 28.8 Å². The third kappa shape index (κ3) is 5.62. The number of ether oxygens (including phenoxy) is 1. The number of hydrogen-bond acceptors (Lipinski definition) is 1. The Hall–Kier alpha value is -1.06. The van der Waals surface area contributed by atoms with E-state index in [2.05, 4.69) is 38.2 Å². The molecule has 1 saturated heterocycles. The summed E-state index contributed by atoms with van der Waals surface area (Å²) in [7, 11) is 0. The highest BCUT2D eigenvalue weighted by Crippen LogP contribution is 2.24. The van der Waals surface area contributed by atoms with E-state index in [1.807, 2.05) is 4.90 Å². The Morgan fingerprint density at radius 2 is 1.59 bits per heavy atom. The van der Waals surface area contributed by atoms with Crippen molar-refractivity contribution < 1.29 is 15.0 Å². The third-order valence-electron chi connectivity index (χ3n) is 4.68. The van der Waals surface area contributed by atoms with Crippen molar-refractivity contribution in [3.63, 3.8) is 0 Å². The van der Waals surface area contributed by atoms with E-state index in [0.717, 1.165) is 12.4 Å². The van der Waals surface area contributed by atoms with E-state index in [4.69, 9.17) is 4.74 Å². The van der Waals surface area contributed by atoms with Gasteiger partial charge in [0.05, 0.1) is 13.2 Å². The summed E-state index contributed by atoms with van der Waals surface area (Å²) in [5, 5.41) is 2.44. The molecule has 1 aromatic carbocycles. The molecule has 1 aliphatic rings. The largest absolute Gasteiger partial charge is 0.493 e. The lowest BCUT2D eigenvalue weighted by atomic mass is 10.1. The van der Waals surface area contributed by atoms with Crippen LogP contribution in [0.4, 0.5) is 0 Å². The van der Waals surface area contributed by atoms with Gasteiger partial charge in [0, 0.05) is 0 Å². The summed E-state index contributed by atoms with van der Waals surface area (Å²) < 4.78 is 6.01. The van der Waals surface area contributed by atoms with Crippen molar-refractivity contribution >= 4 is 0 Å². The molecule has 2 rings (SSSR count). The van der Waals surface area contributed by atoms with Gasteiger partial charge in [-0.15, -0.1) is 0 Å². The molecule has 1 aliphatic heterocycles. The number of nitrogens with two attached hydrogens (primary N) is 1. The molecule has 3 N–H and O–H groups in total. The molecule has 0 unspecified atom stereocenters. The van der Waals surface area contributed by atoms with Crippen molar-refractivity contribution in [2.45, 2.75) is 46.5 Å². The molecule has 1 heterocycles. The number of unbranched alkanes of at least 4 members (excludes halogenated alkanes) is 3. The highest BCUT2D eigenvalue weighted by atomic mass is 16.5. The smallest absolute Gasteiger partial charge is 0.127 e. The predicted molar refractivity (Wildman–Crippen MR) is 91.8 cm³/mol. The van der Waals surface area contributed by atoms with E-state index >= 15 is 0 Å². The molecule has 0 atom stereocenters. The van der Waals surface area contributed by atoms with E-state index < -0.39 is 0 Å². The number of aryl methyl sites for hydroxylation is 3.